The molecule has 0 aliphatic rings. The van der Waals surface area contributed by atoms with Crippen LogP contribution in [0.1, 0.15) is 12.5 Å². The summed E-state index contributed by atoms with van der Waals surface area (Å²) in [5.41, 5.74) is 0.629. The van der Waals surface area contributed by atoms with Crippen molar-refractivity contribution in [3.05, 3.63) is 40.4 Å². The number of carbonyl (C=O) groups is 1. The monoisotopic (exact) mass is 240 g/mol. The number of benzene rings is 1. The van der Waals surface area contributed by atoms with Crippen LogP contribution in [0, 0.1) is 0 Å². The Morgan fingerprint density at radius 1 is 1.54 bits per heavy atom. The average molecular weight is 241 g/mol. The summed E-state index contributed by atoms with van der Waals surface area (Å²) in [6, 6.07) is 7.13. The van der Waals surface area contributed by atoms with Gasteiger partial charge in [-0.05, 0) is 19.1 Å². The van der Waals surface area contributed by atoms with E-state index in [0.29, 0.717) is 5.56 Å². The molecule has 0 saturated heterocycles. The van der Waals surface area contributed by atoms with Gasteiger partial charge in [0.1, 0.15) is 5.76 Å². The molecule has 0 unspecified atom stereocenters. The van der Waals surface area contributed by atoms with E-state index >= 15 is 0 Å². The summed E-state index contributed by atoms with van der Waals surface area (Å²) in [4.78, 5) is 10.7. The zero-order chi connectivity index (χ0) is 9.84. The molecule has 0 bridgehead atoms. The Morgan fingerprint density at radius 2 is 2.23 bits per heavy atom. The predicted molar refractivity (Wildman–Crippen MR) is 55.4 cm³/mol. The SMILES string of the molecule is CC(=O)C=C(O)c1cccc(Br)c1. The molecule has 0 spiro atoms. The van der Waals surface area contributed by atoms with Crippen LogP contribution < -0.4 is 0 Å². The molecule has 3 heteroatoms. The van der Waals surface area contributed by atoms with Crippen molar-refractivity contribution >= 4 is 27.5 Å². The lowest BCUT2D eigenvalue weighted by molar-refractivity contribution is -0.112. The third-order valence-electron chi connectivity index (χ3n) is 1.46. The van der Waals surface area contributed by atoms with Crippen LogP contribution in [0.25, 0.3) is 5.76 Å². The highest BCUT2D eigenvalue weighted by Gasteiger charge is 1.99. The Hall–Kier alpha value is -1.09. The smallest absolute Gasteiger partial charge is 0.156 e. The third-order valence-corrected chi connectivity index (χ3v) is 1.95. The molecule has 1 rings (SSSR count). The largest absolute Gasteiger partial charge is 0.507 e. The molecule has 0 radical (unpaired) electrons. The van der Waals surface area contributed by atoms with Gasteiger partial charge in [-0.1, -0.05) is 28.1 Å². The lowest BCUT2D eigenvalue weighted by Gasteiger charge is -1.99. The maximum atomic E-state index is 10.7. The van der Waals surface area contributed by atoms with E-state index < -0.39 is 0 Å². The Labute approximate surface area is 85.0 Å². The van der Waals surface area contributed by atoms with Crippen molar-refractivity contribution in [1.82, 2.24) is 0 Å². The summed E-state index contributed by atoms with van der Waals surface area (Å²) in [7, 11) is 0. The molecular formula is C10H9BrO2. The van der Waals surface area contributed by atoms with E-state index in [1.165, 1.54) is 13.0 Å². The van der Waals surface area contributed by atoms with Crippen LogP contribution in [0.15, 0.2) is 34.8 Å². The molecule has 1 aromatic rings. The lowest BCUT2D eigenvalue weighted by Crippen LogP contribution is -1.88. The van der Waals surface area contributed by atoms with Gasteiger partial charge in [0.2, 0.25) is 0 Å². The van der Waals surface area contributed by atoms with Gasteiger partial charge in [-0.25, -0.2) is 0 Å². The van der Waals surface area contributed by atoms with E-state index in [2.05, 4.69) is 15.9 Å². The van der Waals surface area contributed by atoms with Gasteiger partial charge in [-0.15, -0.1) is 0 Å². The fourth-order valence-corrected chi connectivity index (χ4v) is 1.32. The van der Waals surface area contributed by atoms with Gasteiger partial charge in [0.25, 0.3) is 0 Å². The number of aliphatic hydroxyl groups is 1. The molecule has 0 fully saturated rings. The lowest BCUT2D eigenvalue weighted by atomic mass is 10.1. The first kappa shape index (κ1) is 9.99. The van der Waals surface area contributed by atoms with Gasteiger partial charge in [0.15, 0.2) is 5.78 Å². The number of aliphatic hydroxyl groups excluding tert-OH is 1. The Bertz CT molecular complexity index is 356. The first-order valence-electron chi connectivity index (χ1n) is 3.77. The summed E-state index contributed by atoms with van der Waals surface area (Å²) >= 11 is 3.27. The first-order valence-corrected chi connectivity index (χ1v) is 4.56. The highest BCUT2D eigenvalue weighted by Crippen LogP contribution is 2.16. The van der Waals surface area contributed by atoms with Crippen LogP contribution in [-0.2, 0) is 4.79 Å². The van der Waals surface area contributed by atoms with Gasteiger partial charge < -0.3 is 5.11 Å². The number of hydrogen-bond donors (Lipinski definition) is 1. The van der Waals surface area contributed by atoms with Crippen LogP contribution in [0.2, 0.25) is 0 Å². The van der Waals surface area contributed by atoms with Gasteiger partial charge in [-0.3, -0.25) is 4.79 Å². The molecular weight excluding hydrogens is 232 g/mol. The number of allylic oxidation sites excluding steroid dienone is 1. The minimum Gasteiger partial charge on any atom is -0.507 e. The Balaban J connectivity index is 3.02. The minimum absolute atomic E-state index is 0.00574. The highest BCUT2D eigenvalue weighted by molar-refractivity contribution is 9.10. The molecule has 2 nitrogen and oxygen atoms in total. The molecule has 0 aromatic heterocycles. The van der Waals surface area contributed by atoms with E-state index in [1.807, 2.05) is 6.07 Å². The first-order chi connectivity index (χ1) is 6.09. The second kappa shape index (κ2) is 4.23. The van der Waals surface area contributed by atoms with Gasteiger partial charge in [0.05, 0.1) is 0 Å². The number of carbonyl (C=O) groups excluding carboxylic acids is 1. The fraction of sp³-hybridized carbons (Fsp3) is 0.100. The summed E-state index contributed by atoms with van der Waals surface area (Å²) in [5, 5.41) is 9.43. The molecule has 68 valence electrons. The zero-order valence-corrected chi connectivity index (χ0v) is 8.71. The van der Waals surface area contributed by atoms with Crippen molar-refractivity contribution in [3.63, 3.8) is 0 Å². The standard InChI is InChI=1S/C10H9BrO2/c1-7(12)5-10(13)8-3-2-4-9(11)6-8/h2-6,13H,1H3. The van der Waals surface area contributed by atoms with Crippen LogP contribution in [0.5, 0.6) is 0 Å². The summed E-state index contributed by atoms with van der Waals surface area (Å²) in [5.74, 6) is -0.175. The quantitative estimate of drug-likeness (QED) is 0.638. The molecule has 13 heavy (non-hydrogen) atoms. The van der Waals surface area contributed by atoms with Crippen LogP contribution in [-0.4, -0.2) is 10.9 Å². The molecule has 0 saturated carbocycles. The van der Waals surface area contributed by atoms with Gasteiger partial charge in [0, 0.05) is 16.1 Å². The van der Waals surface area contributed by atoms with E-state index in [-0.39, 0.29) is 11.5 Å². The van der Waals surface area contributed by atoms with E-state index in [1.54, 1.807) is 18.2 Å². The van der Waals surface area contributed by atoms with E-state index in [9.17, 15) is 9.90 Å². The molecule has 0 aliphatic heterocycles. The number of rotatable bonds is 2. The highest BCUT2D eigenvalue weighted by atomic mass is 79.9. The molecule has 0 atom stereocenters. The normalized spacial score (nSPS) is 11.4. The maximum absolute atomic E-state index is 10.7. The molecule has 1 aromatic carbocycles. The summed E-state index contributed by atoms with van der Waals surface area (Å²) in [6.07, 6.45) is 1.20. The van der Waals surface area contributed by atoms with E-state index in [0.717, 1.165) is 4.47 Å². The maximum Gasteiger partial charge on any atom is 0.156 e. The van der Waals surface area contributed by atoms with Crippen molar-refractivity contribution < 1.29 is 9.90 Å². The van der Waals surface area contributed by atoms with Crippen LogP contribution in [0.3, 0.4) is 0 Å². The summed E-state index contributed by atoms with van der Waals surface area (Å²) < 4.78 is 0.869. The Kier molecular flexibility index (Phi) is 3.25. The second-order valence-corrected chi connectivity index (χ2v) is 3.57. The Morgan fingerprint density at radius 3 is 2.77 bits per heavy atom. The van der Waals surface area contributed by atoms with Crippen LogP contribution >= 0.6 is 15.9 Å². The van der Waals surface area contributed by atoms with Crippen LogP contribution in [0.4, 0.5) is 0 Å². The fourth-order valence-electron chi connectivity index (χ4n) is 0.924. The number of hydrogen-bond acceptors (Lipinski definition) is 2. The topological polar surface area (TPSA) is 37.3 Å². The number of ketones is 1. The van der Waals surface area contributed by atoms with Crippen molar-refractivity contribution in [2.75, 3.05) is 0 Å². The van der Waals surface area contributed by atoms with Gasteiger partial charge >= 0.3 is 0 Å². The van der Waals surface area contributed by atoms with E-state index in [4.69, 9.17) is 0 Å². The molecule has 0 heterocycles. The minimum atomic E-state index is -0.169. The van der Waals surface area contributed by atoms with Crippen molar-refractivity contribution in [2.45, 2.75) is 6.92 Å². The van der Waals surface area contributed by atoms with Crippen molar-refractivity contribution in [3.8, 4) is 0 Å². The molecule has 0 aliphatic carbocycles. The zero-order valence-electron chi connectivity index (χ0n) is 7.12. The molecule has 1 N–H and O–H groups in total. The van der Waals surface area contributed by atoms with Crippen molar-refractivity contribution in [1.29, 1.82) is 0 Å². The van der Waals surface area contributed by atoms with Crippen molar-refractivity contribution in [2.24, 2.45) is 0 Å². The van der Waals surface area contributed by atoms with Gasteiger partial charge in [-0.2, -0.15) is 0 Å². The predicted octanol–water partition coefficient (Wildman–Crippen LogP) is 2.94. The summed E-state index contributed by atoms with van der Waals surface area (Å²) in [6.45, 7) is 1.40. The third kappa shape index (κ3) is 3.03. The average Bonchev–Trinajstić information content (AvgIpc) is 2.03. The number of halogens is 1. The second-order valence-electron chi connectivity index (χ2n) is 2.65. The molecule has 0 amide bonds.